The van der Waals surface area contributed by atoms with Gasteiger partial charge in [-0.25, -0.2) is 0 Å². The molecule has 152 valence electrons. The molecule has 1 fully saturated rings. The van der Waals surface area contributed by atoms with Gasteiger partial charge in [-0.2, -0.15) is 9.50 Å². The molecule has 1 amide bonds. The van der Waals surface area contributed by atoms with Crippen LogP contribution in [0.5, 0.6) is 11.5 Å². The fourth-order valence-electron chi connectivity index (χ4n) is 3.24. The number of amides is 1. The number of nitrogens with one attached hydrogen (secondary N) is 1. The zero-order chi connectivity index (χ0) is 20.2. The maximum Gasteiger partial charge on any atom is 0.264 e. The Morgan fingerprint density at radius 1 is 1.10 bits per heavy atom. The largest absolute Gasteiger partial charge is 0.493 e. The third-order valence-electron chi connectivity index (χ3n) is 4.84. The van der Waals surface area contributed by atoms with Crippen molar-refractivity contribution in [3.63, 3.8) is 0 Å². The molecule has 4 rings (SSSR count). The van der Waals surface area contributed by atoms with E-state index in [9.17, 15) is 4.79 Å². The molecule has 0 unspecified atom stereocenters. The topological polar surface area (TPSA) is 84.2 Å². The summed E-state index contributed by atoms with van der Waals surface area (Å²) in [5.74, 6) is 2.03. The molecule has 0 radical (unpaired) electrons. The van der Waals surface area contributed by atoms with Crippen molar-refractivity contribution >= 4 is 23.3 Å². The van der Waals surface area contributed by atoms with Gasteiger partial charge in [0.15, 0.2) is 12.4 Å². The number of hydrogen-bond acceptors (Lipinski definition) is 7. The highest BCUT2D eigenvalue weighted by Gasteiger charge is 2.20. The van der Waals surface area contributed by atoms with Crippen molar-refractivity contribution in [1.82, 2.24) is 19.5 Å². The van der Waals surface area contributed by atoms with Gasteiger partial charge >= 0.3 is 0 Å². The highest BCUT2D eigenvalue weighted by molar-refractivity contribution is 5.90. The highest BCUT2D eigenvalue weighted by atomic mass is 16.5. The molecular weight excluding hydrogens is 372 g/mol. The Hall–Kier alpha value is -3.33. The first kappa shape index (κ1) is 19.0. The molecule has 0 spiro atoms. The van der Waals surface area contributed by atoms with Gasteiger partial charge in [0.2, 0.25) is 11.6 Å². The molecule has 0 aliphatic carbocycles. The van der Waals surface area contributed by atoms with Crippen LogP contribution in [0.3, 0.4) is 0 Å². The van der Waals surface area contributed by atoms with Gasteiger partial charge in [-0.15, -0.1) is 5.10 Å². The second-order valence-electron chi connectivity index (χ2n) is 6.87. The van der Waals surface area contributed by atoms with Crippen LogP contribution in [0.2, 0.25) is 0 Å². The lowest BCUT2D eigenvalue weighted by atomic mass is 10.3. The van der Waals surface area contributed by atoms with Gasteiger partial charge in [0.25, 0.3) is 5.91 Å². The Kier molecular flexibility index (Phi) is 5.48. The van der Waals surface area contributed by atoms with Gasteiger partial charge < -0.3 is 19.3 Å². The first-order valence-electron chi connectivity index (χ1n) is 9.49. The van der Waals surface area contributed by atoms with E-state index in [1.807, 2.05) is 30.3 Å². The smallest absolute Gasteiger partial charge is 0.264 e. The molecular formula is C20H24N6O3. The minimum Gasteiger partial charge on any atom is -0.493 e. The van der Waals surface area contributed by atoms with Crippen molar-refractivity contribution in [1.29, 1.82) is 0 Å². The summed E-state index contributed by atoms with van der Waals surface area (Å²) < 4.78 is 12.6. The molecule has 9 heteroatoms. The SMILES string of the molecule is COc1ccc(N2CCN(C)CC2)n2nc(NC(=O)COc3ccccc3)nc12. The molecule has 3 aromatic rings. The van der Waals surface area contributed by atoms with Crippen molar-refractivity contribution in [2.75, 3.05) is 57.2 Å². The number of pyridine rings is 1. The van der Waals surface area contributed by atoms with Crippen molar-refractivity contribution in [3.8, 4) is 11.5 Å². The third-order valence-corrected chi connectivity index (χ3v) is 4.84. The van der Waals surface area contributed by atoms with E-state index < -0.39 is 0 Å². The molecule has 0 saturated carbocycles. The van der Waals surface area contributed by atoms with E-state index in [2.05, 4.69) is 32.2 Å². The summed E-state index contributed by atoms with van der Waals surface area (Å²) in [6.07, 6.45) is 0. The number of fused-ring (bicyclic) bond motifs is 1. The minimum absolute atomic E-state index is 0.123. The van der Waals surface area contributed by atoms with Crippen LogP contribution in [-0.4, -0.2) is 72.3 Å². The molecule has 1 saturated heterocycles. The number of benzene rings is 1. The Morgan fingerprint density at radius 2 is 1.86 bits per heavy atom. The number of rotatable bonds is 6. The summed E-state index contributed by atoms with van der Waals surface area (Å²) in [6.45, 7) is 3.61. The molecule has 9 nitrogen and oxygen atoms in total. The van der Waals surface area contributed by atoms with E-state index in [4.69, 9.17) is 9.47 Å². The van der Waals surface area contributed by atoms with E-state index in [1.54, 1.807) is 23.8 Å². The minimum atomic E-state index is -0.329. The number of piperazine rings is 1. The number of methoxy groups -OCH3 is 1. The molecule has 1 N–H and O–H groups in total. The van der Waals surface area contributed by atoms with E-state index in [0.29, 0.717) is 17.1 Å². The van der Waals surface area contributed by atoms with Crippen LogP contribution in [0.4, 0.5) is 11.8 Å². The molecule has 0 bridgehead atoms. The van der Waals surface area contributed by atoms with Gasteiger partial charge in [0, 0.05) is 26.2 Å². The molecule has 2 aromatic heterocycles. The highest BCUT2D eigenvalue weighted by Crippen LogP contribution is 2.26. The molecule has 29 heavy (non-hydrogen) atoms. The molecule has 1 aliphatic rings. The van der Waals surface area contributed by atoms with Gasteiger partial charge in [-0.05, 0) is 31.3 Å². The summed E-state index contributed by atoms with van der Waals surface area (Å²) in [7, 11) is 3.70. The summed E-state index contributed by atoms with van der Waals surface area (Å²) >= 11 is 0. The van der Waals surface area contributed by atoms with Crippen molar-refractivity contribution in [2.45, 2.75) is 0 Å². The quantitative estimate of drug-likeness (QED) is 0.676. The normalized spacial score (nSPS) is 14.8. The lowest BCUT2D eigenvalue weighted by Crippen LogP contribution is -2.45. The van der Waals surface area contributed by atoms with Crippen LogP contribution in [0.15, 0.2) is 42.5 Å². The molecule has 3 heterocycles. The monoisotopic (exact) mass is 396 g/mol. The first-order chi connectivity index (χ1) is 14.1. The average molecular weight is 396 g/mol. The van der Waals surface area contributed by atoms with Crippen LogP contribution in [-0.2, 0) is 4.79 Å². The predicted octanol–water partition coefficient (Wildman–Crippen LogP) is 1.51. The average Bonchev–Trinajstić information content (AvgIpc) is 3.16. The number of hydrogen-bond donors (Lipinski definition) is 1. The van der Waals surface area contributed by atoms with Crippen molar-refractivity contribution in [3.05, 3.63) is 42.5 Å². The summed E-state index contributed by atoms with van der Waals surface area (Å²) in [5, 5.41) is 7.19. The number of nitrogens with zero attached hydrogens (tertiary/aromatic N) is 5. The van der Waals surface area contributed by atoms with Gasteiger partial charge in [-0.1, -0.05) is 18.2 Å². The molecule has 0 atom stereocenters. The van der Waals surface area contributed by atoms with E-state index in [0.717, 1.165) is 32.0 Å². The number of carbonyl (C=O) groups excluding carboxylic acids is 1. The molecule has 1 aromatic carbocycles. The van der Waals surface area contributed by atoms with E-state index >= 15 is 0 Å². The Bertz CT molecular complexity index is 983. The lowest BCUT2D eigenvalue weighted by Gasteiger charge is -2.33. The van der Waals surface area contributed by atoms with Crippen molar-refractivity contribution in [2.24, 2.45) is 0 Å². The van der Waals surface area contributed by atoms with Crippen molar-refractivity contribution < 1.29 is 14.3 Å². The number of carbonyl (C=O) groups is 1. The summed E-state index contributed by atoms with van der Waals surface area (Å²) in [5.41, 5.74) is 0.559. The number of aromatic nitrogens is 3. The zero-order valence-electron chi connectivity index (χ0n) is 16.5. The van der Waals surface area contributed by atoms with Gasteiger partial charge in [-0.3, -0.25) is 10.1 Å². The second-order valence-corrected chi connectivity index (χ2v) is 6.87. The predicted molar refractivity (Wildman–Crippen MR) is 110 cm³/mol. The van der Waals surface area contributed by atoms with E-state index in [1.165, 1.54) is 0 Å². The fourth-order valence-corrected chi connectivity index (χ4v) is 3.24. The number of likely N-dealkylation sites (N-methyl/N-ethyl adjacent to an activating group) is 1. The first-order valence-corrected chi connectivity index (χ1v) is 9.49. The van der Waals surface area contributed by atoms with Crippen LogP contribution in [0.25, 0.3) is 5.65 Å². The van der Waals surface area contributed by atoms with Gasteiger partial charge in [0.1, 0.15) is 11.6 Å². The van der Waals surface area contributed by atoms with Crippen LogP contribution in [0, 0.1) is 0 Å². The molecule has 1 aliphatic heterocycles. The Morgan fingerprint density at radius 3 is 2.59 bits per heavy atom. The van der Waals surface area contributed by atoms with E-state index in [-0.39, 0.29) is 18.5 Å². The zero-order valence-corrected chi connectivity index (χ0v) is 16.5. The Balaban J connectivity index is 1.52. The number of para-hydroxylation sites is 1. The maximum atomic E-state index is 12.3. The Labute approximate surface area is 168 Å². The maximum absolute atomic E-state index is 12.3. The number of anilines is 2. The van der Waals surface area contributed by atoms with Crippen LogP contribution >= 0.6 is 0 Å². The van der Waals surface area contributed by atoms with Crippen LogP contribution < -0.4 is 19.7 Å². The summed E-state index contributed by atoms with van der Waals surface area (Å²) in [6, 6.07) is 13.0. The number of ether oxygens (including phenoxy) is 2. The lowest BCUT2D eigenvalue weighted by molar-refractivity contribution is -0.118. The standard InChI is InChI=1S/C20H24N6O3/c1-24-10-12-25(13-11-24)18-9-8-16(28-2)19-22-20(23-26(18)19)21-17(27)14-29-15-6-4-3-5-7-15/h3-9H,10-14H2,1-2H3,(H,21,23,27). The van der Waals surface area contributed by atoms with Gasteiger partial charge in [0.05, 0.1) is 7.11 Å². The fraction of sp³-hybridized carbons (Fsp3) is 0.350. The second kappa shape index (κ2) is 8.36. The van der Waals surface area contributed by atoms with Crippen LogP contribution in [0.1, 0.15) is 0 Å². The third kappa shape index (κ3) is 4.24. The summed E-state index contributed by atoms with van der Waals surface area (Å²) in [4.78, 5) is 21.3.